The monoisotopic (exact) mass is 631 g/mol. The number of hydrogen-bond acceptors (Lipinski definition) is 5. The van der Waals surface area contributed by atoms with Crippen LogP contribution in [-0.4, -0.2) is 36.7 Å². The van der Waals surface area contributed by atoms with Gasteiger partial charge in [0.25, 0.3) is 0 Å². The fourth-order valence-electron chi connectivity index (χ4n) is 8.62. The first-order valence-corrected chi connectivity index (χ1v) is 16.1. The van der Waals surface area contributed by atoms with Gasteiger partial charge in [-0.15, -0.1) is 0 Å². The van der Waals surface area contributed by atoms with Crippen molar-refractivity contribution < 1.29 is 23.9 Å². The fourth-order valence-corrected chi connectivity index (χ4v) is 8.62. The maximum atomic E-state index is 16.0. The minimum absolute atomic E-state index is 0.130. The zero-order chi connectivity index (χ0) is 33.0. The number of carbonyl (C=O) groups excluding carboxylic acids is 3. The van der Waals surface area contributed by atoms with Gasteiger partial charge >= 0.3 is 0 Å². The number of benzene rings is 5. The van der Waals surface area contributed by atoms with Crippen LogP contribution >= 0.6 is 0 Å². The van der Waals surface area contributed by atoms with Crippen LogP contribution in [0.3, 0.4) is 0 Å². The number of amides is 2. The minimum Gasteiger partial charge on any atom is -0.497 e. The summed E-state index contributed by atoms with van der Waals surface area (Å²) in [7, 11) is 3.23. The molecule has 5 aromatic rings. The zero-order valence-electron chi connectivity index (χ0n) is 26.6. The molecule has 2 aliphatic carbocycles. The standard InChI is InChI=1S/C42H33NO5/c1-47-32-22-18-28(19-23-32)34-35(29-20-24-33(48-2)25-21-29)42(31-16-10-5-11-17-31)37-36(41(34,40(42)46)30-14-8-4-9-15-30)38(44)43(39(37)45)26-27-12-6-3-7-13-27/h3-25,36-37H,26H2,1-2H3/t36-,37+,41-,42-/m1/s1. The first-order chi connectivity index (χ1) is 23.5. The normalized spacial score (nSPS) is 24.3. The van der Waals surface area contributed by atoms with Gasteiger partial charge in [0.2, 0.25) is 11.8 Å². The molecule has 5 aromatic carbocycles. The highest BCUT2D eigenvalue weighted by Gasteiger charge is 2.82. The first kappa shape index (κ1) is 29.6. The lowest BCUT2D eigenvalue weighted by Gasteiger charge is -2.39. The van der Waals surface area contributed by atoms with E-state index in [2.05, 4.69) is 0 Å². The Hall–Kier alpha value is -5.75. The molecule has 1 saturated heterocycles. The number of Topliss-reactive ketones (excluding diaryl/α,β-unsaturated/α-hetero) is 1. The molecule has 236 valence electrons. The smallest absolute Gasteiger partial charge is 0.235 e. The SMILES string of the molecule is COc1ccc(C2=C(c3ccc(OC)cc3)[C@@]3(c4ccccc4)C(=O)[C@@]2(c2ccccc2)[C@@H]2C(=O)N(Cc4ccccc4)C(=O)[C@@H]23)cc1. The van der Waals surface area contributed by atoms with Gasteiger partial charge in [0.05, 0.1) is 43.4 Å². The molecule has 48 heavy (non-hydrogen) atoms. The molecular weight excluding hydrogens is 598 g/mol. The number of ether oxygens (including phenoxy) is 2. The van der Waals surface area contributed by atoms with E-state index in [1.807, 2.05) is 140 Å². The molecule has 3 aliphatic rings. The largest absolute Gasteiger partial charge is 0.497 e. The molecule has 2 bridgehead atoms. The van der Waals surface area contributed by atoms with Crippen molar-refractivity contribution in [3.63, 3.8) is 0 Å². The second kappa shape index (κ2) is 11.2. The lowest BCUT2D eigenvalue weighted by molar-refractivity contribution is -0.143. The molecule has 0 aromatic heterocycles. The highest BCUT2D eigenvalue weighted by atomic mass is 16.5. The average molecular weight is 632 g/mol. The molecule has 1 heterocycles. The van der Waals surface area contributed by atoms with Gasteiger partial charge in [0, 0.05) is 0 Å². The maximum absolute atomic E-state index is 16.0. The summed E-state index contributed by atoms with van der Waals surface area (Å²) in [4.78, 5) is 47.3. The van der Waals surface area contributed by atoms with Gasteiger partial charge in [0.15, 0.2) is 5.78 Å². The topological polar surface area (TPSA) is 72.9 Å². The Kier molecular flexibility index (Phi) is 6.91. The Morgan fingerprint density at radius 1 is 0.521 bits per heavy atom. The van der Waals surface area contributed by atoms with Crippen LogP contribution in [0.5, 0.6) is 11.5 Å². The molecule has 0 unspecified atom stereocenters. The van der Waals surface area contributed by atoms with Crippen molar-refractivity contribution in [3.05, 3.63) is 167 Å². The number of imide groups is 1. The van der Waals surface area contributed by atoms with Crippen molar-refractivity contribution in [1.29, 1.82) is 0 Å². The molecule has 4 atom stereocenters. The molecule has 6 nitrogen and oxygen atoms in total. The second-order valence-electron chi connectivity index (χ2n) is 12.6. The van der Waals surface area contributed by atoms with Crippen LogP contribution in [0, 0.1) is 11.8 Å². The van der Waals surface area contributed by atoms with Gasteiger partial charge in [-0.25, -0.2) is 0 Å². The van der Waals surface area contributed by atoms with E-state index >= 15 is 4.79 Å². The first-order valence-electron chi connectivity index (χ1n) is 16.1. The van der Waals surface area contributed by atoms with Gasteiger partial charge in [-0.1, -0.05) is 115 Å². The summed E-state index contributed by atoms with van der Waals surface area (Å²) in [5.74, 6) is -1.38. The summed E-state index contributed by atoms with van der Waals surface area (Å²) in [5.41, 5.74) is 2.37. The number of allylic oxidation sites excluding steroid dienone is 2. The molecule has 6 heteroatoms. The van der Waals surface area contributed by atoms with Crippen molar-refractivity contribution in [1.82, 2.24) is 4.90 Å². The molecule has 1 aliphatic heterocycles. The molecule has 0 spiro atoms. The van der Waals surface area contributed by atoms with Crippen LogP contribution in [0.2, 0.25) is 0 Å². The lowest BCUT2D eigenvalue weighted by Crippen LogP contribution is -2.45. The summed E-state index contributed by atoms with van der Waals surface area (Å²) >= 11 is 0. The molecule has 8 rings (SSSR count). The Morgan fingerprint density at radius 2 is 0.896 bits per heavy atom. The predicted octanol–water partition coefficient (Wildman–Crippen LogP) is 6.89. The van der Waals surface area contributed by atoms with Crippen molar-refractivity contribution in [2.75, 3.05) is 14.2 Å². The van der Waals surface area contributed by atoms with Crippen LogP contribution in [0.1, 0.15) is 27.8 Å². The van der Waals surface area contributed by atoms with Crippen LogP contribution in [0.15, 0.2) is 140 Å². The summed E-state index contributed by atoms with van der Waals surface area (Å²) < 4.78 is 11.0. The van der Waals surface area contributed by atoms with Crippen LogP contribution < -0.4 is 9.47 Å². The van der Waals surface area contributed by atoms with Gasteiger partial charge in [0.1, 0.15) is 11.5 Å². The zero-order valence-corrected chi connectivity index (χ0v) is 26.6. The second-order valence-corrected chi connectivity index (χ2v) is 12.6. The van der Waals surface area contributed by atoms with Crippen molar-refractivity contribution in [2.24, 2.45) is 11.8 Å². The number of fused-ring (bicyclic) bond motifs is 5. The summed E-state index contributed by atoms with van der Waals surface area (Å²) in [5, 5.41) is 0. The summed E-state index contributed by atoms with van der Waals surface area (Å²) in [6.07, 6.45) is 0. The Labute approximate surface area is 279 Å². The lowest BCUT2D eigenvalue weighted by atomic mass is 9.59. The summed E-state index contributed by atoms with van der Waals surface area (Å²) in [6.45, 7) is 0.130. The number of likely N-dealkylation sites (tertiary alicyclic amines) is 1. The number of nitrogens with zero attached hydrogens (tertiary/aromatic N) is 1. The van der Waals surface area contributed by atoms with Crippen LogP contribution in [-0.2, 0) is 31.8 Å². The molecule has 2 fully saturated rings. The predicted molar refractivity (Wildman–Crippen MR) is 183 cm³/mol. The van der Waals surface area contributed by atoms with E-state index < -0.39 is 22.7 Å². The number of hydrogen-bond donors (Lipinski definition) is 0. The molecule has 0 N–H and O–H groups in total. The van der Waals surface area contributed by atoms with Crippen molar-refractivity contribution in [2.45, 2.75) is 17.4 Å². The van der Waals surface area contributed by atoms with Crippen LogP contribution in [0.4, 0.5) is 0 Å². The Morgan fingerprint density at radius 3 is 1.27 bits per heavy atom. The van der Waals surface area contributed by atoms with Gasteiger partial charge in [-0.2, -0.15) is 0 Å². The maximum Gasteiger partial charge on any atom is 0.235 e. The van der Waals surface area contributed by atoms with E-state index in [4.69, 9.17) is 9.47 Å². The Bertz CT molecular complexity index is 1940. The highest BCUT2D eigenvalue weighted by molar-refractivity contribution is 6.35. The van der Waals surface area contributed by atoms with Gasteiger partial charge in [-0.3, -0.25) is 19.3 Å². The van der Waals surface area contributed by atoms with E-state index in [0.29, 0.717) is 22.6 Å². The van der Waals surface area contributed by atoms with Gasteiger partial charge < -0.3 is 9.47 Å². The van der Waals surface area contributed by atoms with Crippen molar-refractivity contribution in [3.8, 4) is 11.5 Å². The van der Waals surface area contributed by atoms with Crippen LogP contribution in [0.25, 0.3) is 11.1 Å². The molecule has 2 amide bonds. The molecular formula is C42H33NO5. The van der Waals surface area contributed by atoms with Gasteiger partial charge in [-0.05, 0) is 63.2 Å². The van der Waals surface area contributed by atoms with E-state index in [9.17, 15) is 9.59 Å². The Balaban J connectivity index is 1.51. The highest BCUT2D eigenvalue weighted by Crippen LogP contribution is 2.74. The number of methoxy groups -OCH3 is 2. The van der Waals surface area contributed by atoms with E-state index in [-0.39, 0.29) is 24.1 Å². The quantitative estimate of drug-likeness (QED) is 0.175. The van der Waals surface area contributed by atoms with E-state index in [0.717, 1.165) is 27.8 Å². The third-order valence-corrected chi connectivity index (χ3v) is 10.5. The number of ketones is 1. The fraction of sp³-hybridized carbons (Fsp3) is 0.167. The average Bonchev–Trinajstić information content (AvgIpc) is 3.65. The van der Waals surface area contributed by atoms with E-state index in [1.54, 1.807) is 14.2 Å². The molecule has 0 radical (unpaired) electrons. The van der Waals surface area contributed by atoms with Crippen molar-refractivity contribution >= 4 is 28.7 Å². The third kappa shape index (κ3) is 3.89. The summed E-state index contributed by atoms with van der Waals surface area (Å²) in [6, 6.07) is 43.9. The number of rotatable bonds is 8. The number of carbonyl (C=O) groups is 3. The molecule has 1 saturated carbocycles. The third-order valence-electron chi connectivity index (χ3n) is 10.5. The minimum atomic E-state index is -1.45. The van der Waals surface area contributed by atoms with E-state index in [1.165, 1.54) is 4.90 Å².